The maximum Gasteiger partial charge on any atom is 0.325 e. The third-order valence-electron chi connectivity index (χ3n) is 6.26. The molecule has 1 aromatic rings. The van der Waals surface area contributed by atoms with E-state index in [1.54, 1.807) is 0 Å². The zero-order chi connectivity index (χ0) is 20.3. The van der Waals surface area contributed by atoms with Gasteiger partial charge in [0.15, 0.2) is 0 Å². The van der Waals surface area contributed by atoms with Crippen LogP contribution < -0.4 is 10.6 Å². The van der Waals surface area contributed by atoms with E-state index in [-0.39, 0.29) is 30.8 Å². The molecule has 7 heteroatoms. The summed E-state index contributed by atoms with van der Waals surface area (Å²) in [6.45, 7) is 0.119. The number of benzene rings is 1. The van der Waals surface area contributed by atoms with Crippen LogP contribution in [-0.2, 0) is 9.59 Å². The number of urea groups is 1. The molecule has 1 spiro atoms. The molecule has 2 aliphatic carbocycles. The van der Waals surface area contributed by atoms with Crippen LogP contribution in [0, 0.1) is 0 Å². The van der Waals surface area contributed by atoms with Crippen LogP contribution in [0.5, 0.6) is 0 Å². The van der Waals surface area contributed by atoms with Gasteiger partial charge in [-0.2, -0.15) is 0 Å². The molecule has 2 N–H and O–H groups in total. The third kappa shape index (κ3) is 4.60. The van der Waals surface area contributed by atoms with Crippen LogP contribution >= 0.6 is 11.8 Å². The summed E-state index contributed by atoms with van der Waals surface area (Å²) in [7, 11) is 0. The van der Waals surface area contributed by atoms with Crippen LogP contribution in [-0.4, -0.2) is 40.1 Å². The van der Waals surface area contributed by atoms with E-state index in [2.05, 4.69) is 10.6 Å². The molecule has 0 unspecified atom stereocenters. The Morgan fingerprint density at radius 2 is 1.76 bits per heavy atom. The number of nitrogens with one attached hydrogen (secondary N) is 2. The number of carbonyl (C=O) groups excluding carboxylic acids is 3. The topological polar surface area (TPSA) is 78.5 Å². The molecular formula is C22H29N3O3S. The fraction of sp³-hybridized carbons (Fsp3) is 0.591. The van der Waals surface area contributed by atoms with Gasteiger partial charge in [-0.3, -0.25) is 14.5 Å². The van der Waals surface area contributed by atoms with Gasteiger partial charge in [-0.25, -0.2) is 4.79 Å². The van der Waals surface area contributed by atoms with Gasteiger partial charge in [-0.1, -0.05) is 32.1 Å². The number of hydrogen-bond acceptors (Lipinski definition) is 4. The Kier molecular flexibility index (Phi) is 6.13. The van der Waals surface area contributed by atoms with Crippen molar-refractivity contribution in [3.8, 4) is 0 Å². The third-order valence-corrected chi connectivity index (χ3v) is 7.61. The Hall–Kier alpha value is -2.02. The Bertz CT molecular complexity index is 768. The van der Waals surface area contributed by atoms with Gasteiger partial charge >= 0.3 is 6.03 Å². The van der Waals surface area contributed by atoms with E-state index in [4.69, 9.17) is 0 Å². The molecule has 29 heavy (non-hydrogen) atoms. The number of nitrogens with zero attached hydrogens (tertiary/aromatic N) is 1. The first kappa shape index (κ1) is 20.3. The normalized spacial score (nSPS) is 21.6. The lowest BCUT2D eigenvalue weighted by Crippen LogP contribution is -2.48. The van der Waals surface area contributed by atoms with Gasteiger partial charge in [-0.05, 0) is 49.9 Å². The maximum atomic E-state index is 12.8. The Labute approximate surface area is 176 Å². The summed E-state index contributed by atoms with van der Waals surface area (Å²) in [6, 6.07) is 7.56. The molecule has 0 aromatic heterocycles. The Balaban J connectivity index is 1.26. The standard InChI is InChI=1S/C22H29N3O3S/c26-19(23-16-8-10-18(11-9-16)29-17-6-2-3-7-17)12-15-25-20(27)22(24-21(25)28)13-4-1-5-14-22/h8-11,17H,1-7,12-15H2,(H,23,26)(H,24,28). The van der Waals surface area contributed by atoms with Crippen molar-refractivity contribution in [2.45, 2.75) is 79.9 Å². The number of thioether (sulfide) groups is 1. The van der Waals surface area contributed by atoms with Gasteiger partial charge < -0.3 is 10.6 Å². The number of imide groups is 1. The fourth-order valence-corrected chi connectivity index (χ4v) is 5.87. The summed E-state index contributed by atoms with van der Waals surface area (Å²) in [5, 5.41) is 6.47. The van der Waals surface area contributed by atoms with E-state index in [0.717, 1.165) is 24.9 Å². The van der Waals surface area contributed by atoms with Crippen LogP contribution in [0.15, 0.2) is 29.2 Å². The maximum absolute atomic E-state index is 12.8. The van der Waals surface area contributed by atoms with Gasteiger partial charge in [0.1, 0.15) is 5.54 Å². The quantitative estimate of drug-likeness (QED) is 0.679. The molecule has 0 bridgehead atoms. The van der Waals surface area contributed by atoms with Crippen LogP contribution in [0.25, 0.3) is 0 Å². The lowest BCUT2D eigenvalue weighted by atomic mass is 9.82. The highest BCUT2D eigenvalue weighted by molar-refractivity contribution is 8.00. The summed E-state index contributed by atoms with van der Waals surface area (Å²) >= 11 is 1.92. The first-order chi connectivity index (χ1) is 14.1. The summed E-state index contributed by atoms with van der Waals surface area (Å²) in [4.78, 5) is 39.8. The minimum atomic E-state index is -0.724. The number of hydrogen-bond donors (Lipinski definition) is 2. The van der Waals surface area contributed by atoms with Gasteiger partial charge in [0.25, 0.3) is 5.91 Å². The summed E-state index contributed by atoms with van der Waals surface area (Å²) in [5.41, 5.74) is 0.0187. The molecule has 4 rings (SSSR count). The highest BCUT2D eigenvalue weighted by Gasteiger charge is 2.51. The van der Waals surface area contributed by atoms with Crippen LogP contribution in [0.1, 0.15) is 64.2 Å². The first-order valence-corrected chi connectivity index (χ1v) is 11.6. The second-order valence-corrected chi connectivity index (χ2v) is 9.75. The molecule has 4 amide bonds. The van der Waals surface area contributed by atoms with Crippen LogP contribution in [0.3, 0.4) is 0 Å². The van der Waals surface area contributed by atoms with Gasteiger partial charge in [0, 0.05) is 28.8 Å². The molecule has 156 valence electrons. The second kappa shape index (κ2) is 8.78. The van der Waals surface area contributed by atoms with E-state index in [1.165, 1.54) is 35.5 Å². The van der Waals surface area contributed by atoms with Crippen molar-refractivity contribution in [1.82, 2.24) is 10.2 Å². The number of carbonyl (C=O) groups is 3. The number of rotatable bonds is 6. The van der Waals surface area contributed by atoms with E-state index in [0.29, 0.717) is 18.1 Å². The zero-order valence-electron chi connectivity index (χ0n) is 16.7. The molecule has 1 heterocycles. The summed E-state index contributed by atoms with van der Waals surface area (Å²) in [5.74, 6) is -0.352. The van der Waals surface area contributed by atoms with Crippen molar-refractivity contribution in [2.24, 2.45) is 0 Å². The van der Waals surface area contributed by atoms with E-state index < -0.39 is 5.54 Å². The minimum absolute atomic E-state index is 0.105. The van der Waals surface area contributed by atoms with Crippen molar-refractivity contribution in [1.29, 1.82) is 0 Å². The molecule has 3 aliphatic rings. The van der Waals surface area contributed by atoms with Gasteiger partial charge in [0.05, 0.1) is 0 Å². The van der Waals surface area contributed by atoms with Gasteiger partial charge in [-0.15, -0.1) is 11.8 Å². The Morgan fingerprint density at radius 3 is 2.45 bits per heavy atom. The van der Waals surface area contributed by atoms with Gasteiger partial charge in [0.2, 0.25) is 5.91 Å². The van der Waals surface area contributed by atoms with E-state index >= 15 is 0 Å². The summed E-state index contributed by atoms with van der Waals surface area (Å²) in [6.07, 6.45) is 9.73. The lowest BCUT2D eigenvalue weighted by molar-refractivity contribution is -0.132. The number of anilines is 1. The lowest BCUT2D eigenvalue weighted by Gasteiger charge is -2.30. The van der Waals surface area contributed by atoms with E-state index in [1.807, 2.05) is 36.0 Å². The molecule has 3 fully saturated rings. The minimum Gasteiger partial charge on any atom is -0.326 e. The second-order valence-electron chi connectivity index (χ2n) is 8.38. The Morgan fingerprint density at radius 1 is 1.07 bits per heavy atom. The van der Waals surface area contributed by atoms with Crippen molar-refractivity contribution >= 4 is 35.3 Å². The number of amides is 4. The SMILES string of the molecule is O=C(CCN1C(=O)NC2(CCCCC2)C1=O)Nc1ccc(SC2CCCC2)cc1. The molecule has 1 aliphatic heterocycles. The van der Waals surface area contributed by atoms with Crippen LogP contribution in [0.4, 0.5) is 10.5 Å². The van der Waals surface area contributed by atoms with Crippen molar-refractivity contribution in [2.75, 3.05) is 11.9 Å². The average Bonchev–Trinajstić information content (AvgIpc) is 3.30. The highest BCUT2D eigenvalue weighted by Crippen LogP contribution is 2.35. The predicted octanol–water partition coefficient (Wildman–Crippen LogP) is 4.30. The van der Waals surface area contributed by atoms with Crippen molar-refractivity contribution in [3.63, 3.8) is 0 Å². The van der Waals surface area contributed by atoms with Crippen LogP contribution in [0.2, 0.25) is 0 Å². The van der Waals surface area contributed by atoms with Crippen molar-refractivity contribution in [3.05, 3.63) is 24.3 Å². The van der Waals surface area contributed by atoms with E-state index in [9.17, 15) is 14.4 Å². The molecule has 0 atom stereocenters. The first-order valence-electron chi connectivity index (χ1n) is 10.8. The molecule has 1 saturated heterocycles. The highest BCUT2D eigenvalue weighted by atomic mass is 32.2. The fourth-order valence-electron chi connectivity index (χ4n) is 4.63. The monoisotopic (exact) mass is 415 g/mol. The molecule has 6 nitrogen and oxygen atoms in total. The zero-order valence-corrected chi connectivity index (χ0v) is 17.6. The average molecular weight is 416 g/mol. The molecule has 1 aromatic carbocycles. The predicted molar refractivity (Wildman–Crippen MR) is 114 cm³/mol. The molecule has 0 radical (unpaired) electrons. The largest absolute Gasteiger partial charge is 0.326 e. The smallest absolute Gasteiger partial charge is 0.325 e. The summed E-state index contributed by atoms with van der Waals surface area (Å²) < 4.78 is 0. The van der Waals surface area contributed by atoms with Crippen molar-refractivity contribution < 1.29 is 14.4 Å². The molecule has 2 saturated carbocycles. The molecular weight excluding hydrogens is 386 g/mol.